The Kier molecular flexibility index (Phi) is 3.27. The summed E-state index contributed by atoms with van der Waals surface area (Å²) in [6.07, 6.45) is 1.60. The molecule has 1 aromatic rings. The van der Waals surface area contributed by atoms with Gasteiger partial charge in [-0.05, 0) is 37.5 Å². The maximum atomic E-state index is 13.0. The summed E-state index contributed by atoms with van der Waals surface area (Å²) in [5.41, 5.74) is 0.532. The van der Waals surface area contributed by atoms with Crippen LogP contribution in [0.1, 0.15) is 37.8 Å². The second kappa shape index (κ2) is 4.09. The summed E-state index contributed by atoms with van der Waals surface area (Å²) in [4.78, 5) is 0. The van der Waals surface area contributed by atoms with Gasteiger partial charge in [-0.1, -0.05) is 25.5 Å². The van der Waals surface area contributed by atoms with Crippen molar-refractivity contribution in [3.05, 3.63) is 35.1 Å². The van der Waals surface area contributed by atoms with Gasteiger partial charge in [0.2, 0.25) is 0 Å². The highest BCUT2D eigenvalue weighted by Crippen LogP contribution is 2.26. The average Bonchev–Trinajstić information content (AvgIpc) is 2.09. The van der Waals surface area contributed by atoms with Crippen LogP contribution in [-0.2, 0) is 5.60 Å². The first-order chi connectivity index (χ1) is 6.47. The van der Waals surface area contributed by atoms with E-state index in [-0.39, 0.29) is 5.82 Å². The van der Waals surface area contributed by atoms with E-state index < -0.39 is 5.60 Å². The molecule has 0 saturated carbocycles. The molecule has 0 spiro atoms. The van der Waals surface area contributed by atoms with Gasteiger partial charge < -0.3 is 5.11 Å². The summed E-state index contributed by atoms with van der Waals surface area (Å²) >= 11 is 0. The lowest BCUT2D eigenvalue weighted by atomic mass is 9.90. The fourth-order valence-corrected chi connectivity index (χ4v) is 1.61. The van der Waals surface area contributed by atoms with E-state index in [2.05, 4.69) is 0 Å². The third kappa shape index (κ3) is 2.32. The molecular formula is C12H17FO. The molecule has 0 aliphatic carbocycles. The molecule has 0 fully saturated rings. The van der Waals surface area contributed by atoms with E-state index in [0.29, 0.717) is 12.0 Å². The number of aryl methyl sites for hydroxylation is 1. The highest BCUT2D eigenvalue weighted by atomic mass is 19.1. The predicted molar refractivity (Wildman–Crippen MR) is 55.6 cm³/mol. The van der Waals surface area contributed by atoms with E-state index >= 15 is 0 Å². The molecule has 0 amide bonds. The summed E-state index contributed by atoms with van der Waals surface area (Å²) < 4.78 is 13.0. The topological polar surface area (TPSA) is 20.2 Å². The van der Waals surface area contributed by atoms with Gasteiger partial charge >= 0.3 is 0 Å². The molecule has 14 heavy (non-hydrogen) atoms. The Morgan fingerprint density at radius 1 is 1.43 bits per heavy atom. The molecular weight excluding hydrogens is 179 g/mol. The van der Waals surface area contributed by atoms with Crippen molar-refractivity contribution in [1.29, 1.82) is 0 Å². The molecule has 0 aromatic heterocycles. The largest absolute Gasteiger partial charge is 0.385 e. The summed E-state index contributed by atoms with van der Waals surface area (Å²) in [5, 5.41) is 10.1. The first-order valence-corrected chi connectivity index (χ1v) is 4.96. The lowest BCUT2D eigenvalue weighted by molar-refractivity contribution is 0.0468. The third-order valence-corrected chi connectivity index (χ3v) is 2.52. The second-order valence-corrected chi connectivity index (χ2v) is 3.99. The van der Waals surface area contributed by atoms with Gasteiger partial charge in [0.05, 0.1) is 5.60 Å². The maximum absolute atomic E-state index is 13.0. The molecule has 0 heterocycles. The van der Waals surface area contributed by atoms with E-state index in [9.17, 15) is 9.50 Å². The maximum Gasteiger partial charge on any atom is 0.126 e. The standard InChI is InChI=1S/C12H17FO/c1-4-7-12(3,14)10-5-6-11(13)9(2)8-10/h5-6,8,14H,4,7H2,1-3H3. The minimum atomic E-state index is -0.840. The summed E-state index contributed by atoms with van der Waals surface area (Å²) in [7, 11) is 0. The normalized spacial score (nSPS) is 15.2. The van der Waals surface area contributed by atoms with Gasteiger partial charge in [0.25, 0.3) is 0 Å². The van der Waals surface area contributed by atoms with Gasteiger partial charge in [0.15, 0.2) is 0 Å². The van der Waals surface area contributed by atoms with Crippen molar-refractivity contribution in [3.8, 4) is 0 Å². The van der Waals surface area contributed by atoms with Crippen LogP contribution in [0.3, 0.4) is 0 Å². The molecule has 0 aliphatic rings. The summed E-state index contributed by atoms with van der Waals surface area (Å²) in [5.74, 6) is -0.221. The van der Waals surface area contributed by atoms with Gasteiger partial charge in [-0.25, -0.2) is 4.39 Å². The van der Waals surface area contributed by atoms with Crippen LogP contribution in [0.5, 0.6) is 0 Å². The second-order valence-electron chi connectivity index (χ2n) is 3.99. The number of hydrogen-bond donors (Lipinski definition) is 1. The lowest BCUT2D eigenvalue weighted by Gasteiger charge is -2.23. The van der Waals surface area contributed by atoms with Crippen molar-refractivity contribution in [2.24, 2.45) is 0 Å². The zero-order valence-electron chi connectivity index (χ0n) is 8.97. The van der Waals surface area contributed by atoms with Crippen LogP contribution in [0.2, 0.25) is 0 Å². The van der Waals surface area contributed by atoms with E-state index in [4.69, 9.17) is 0 Å². The zero-order chi connectivity index (χ0) is 10.8. The smallest absolute Gasteiger partial charge is 0.126 e. The van der Waals surface area contributed by atoms with Gasteiger partial charge in [-0.15, -0.1) is 0 Å². The number of aliphatic hydroxyl groups is 1. The van der Waals surface area contributed by atoms with Gasteiger partial charge in [0, 0.05) is 0 Å². The van der Waals surface area contributed by atoms with Crippen LogP contribution in [0, 0.1) is 12.7 Å². The van der Waals surface area contributed by atoms with Crippen molar-refractivity contribution >= 4 is 0 Å². The van der Waals surface area contributed by atoms with Crippen molar-refractivity contribution in [2.45, 2.75) is 39.2 Å². The average molecular weight is 196 g/mol. The Balaban J connectivity index is 3.01. The molecule has 1 nitrogen and oxygen atoms in total. The molecule has 1 unspecified atom stereocenters. The first kappa shape index (κ1) is 11.2. The predicted octanol–water partition coefficient (Wildman–Crippen LogP) is 3.14. The Hall–Kier alpha value is -0.890. The van der Waals surface area contributed by atoms with E-state index in [1.807, 2.05) is 6.92 Å². The minimum Gasteiger partial charge on any atom is -0.385 e. The molecule has 1 rings (SSSR count). The van der Waals surface area contributed by atoms with Gasteiger partial charge in [0.1, 0.15) is 5.82 Å². The Bertz CT molecular complexity index is 318. The third-order valence-electron chi connectivity index (χ3n) is 2.52. The van der Waals surface area contributed by atoms with E-state index in [0.717, 1.165) is 12.0 Å². The summed E-state index contributed by atoms with van der Waals surface area (Å²) in [6.45, 7) is 5.49. The molecule has 1 aromatic carbocycles. The molecule has 1 atom stereocenters. The molecule has 0 saturated heterocycles. The monoisotopic (exact) mass is 196 g/mol. The van der Waals surface area contributed by atoms with Crippen molar-refractivity contribution in [1.82, 2.24) is 0 Å². The number of hydrogen-bond acceptors (Lipinski definition) is 1. The Morgan fingerprint density at radius 2 is 2.07 bits per heavy atom. The zero-order valence-corrected chi connectivity index (χ0v) is 8.97. The number of rotatable bonds is 3. The lowest BCUT2D eigenvalue weighted by Crippen LogP contribution is -2.20. The van der Waals surface area contributed by atoms with E-state index in [1.165, 1.54) is 6.07 Å². The van der Waals surface area contributed by atoms with Crippen LogP contribution in [-0.4, -0.2) is 5.11 Å². The highest BCUT2D eigenvalue weighted by Gasteiger charge is 2.22. The molecule has 1 N–H and O–H groups in total. The number of halogens is 1. The molecule has 2 heteroatoms. The fourth-order valence-electron chi connectivity index (χ4n) is 1.61. The van der Waals surface area contributed by atoms with Gasteiger partial charge in [-0.3, -0.25) is 0 Å². The van der Waals surface area contributed by atoms with Crippen molar-refractivity contribution in [3.63, 3.8) is 0 Å². The molecule has 0 bridgehead atoms. The van der Waals surface area contributed by atoms with Crippen molar-refractivity contribution in [2.75, 3.05) is 0 Å². The number of benzene rings is 1. The Labute approximate surface area is 84.6 Å². The highest BCUT2D eigenvalue weighted by molar-refractivity contribution is 5.28. The molecule has 0 aliphatic heterocycles. The van der Waals surface area contributed by atoms with Crippen molar-refractivity contribution < 1.29 is 9.50 Å². The summed E-state index contributed by atoms with van der Waals surface area (Å²) in [6, 6.07) is 4.78. The Morgan fingerprint density at radius 3 is 2.57 bits per heavy atom. The SMILES string of the molecule is CCCC(C)(O)c1ccc(F)c(C)c1. The van der Waals surface area contributed by atoms with Crippen LogP contribution < -0.4 is 0 Å². The van der Waals surface area contributed by atoms with E-state index in [1.54, 1.807) is 26.0 Å². The van der Waals surface area contributed by atoms with Crippen LogP contribution in [0.15, 0.2) is 18.2 Å². The molecule has 78 valence electrons. The van der Waals surface area contributed by atoms with Gasteiger partial charge in [-0.2, -0.15) is 0 Å². The fraction of sp³-hybridized carbons (Fsp3) is 0.500. The van der Waals surface area contributed by atoms with Crippen LogP contribution in [0.25, 0.3) is 0 Å². The minimum absolute atomic E-state index is 0.221. The van der Waals surface area contributed by atoms with Crippen LogP contribution >= 0.6 is 0 Å². The van der Waals surface area contributed by atoms with Crippen LogP contribution in [0.4, 0.5) is 4.39 Å². The molecule has 0 radical (unpaired) electrons. The quantitative estimate of drug-likeness (QED) is 0.787. The first-order valence-electron chi connectivity index (χ1n) is 4.96.